The number of carbonyl (C=O) groups is 1. The smallest absolute Gasteiger partial charge is 0.217 e. The van der Waals surface area contributed by atoms with Crippen LogP contribution < -0.4 is 5.32 Å². The SMILES string of the molecule is C=C/C=C(\C=C)CNC(C)=O.O.[HH].[V]. The largest absolute Gasteiger partial charge is 0.412 e. The number of hydrogen-bond donors (Lipinski definition) is 1. The van der Waals surface area contributed by atoms with E-state index in [0.717, 1.165) is 5.57 Å². The molecule has 13 heavy (non-hydrogen) atoms. The van der Waals surface area contributed by atoms with Crippen LogP contribution in [0.1, 0.15) is 8.35 Å². The average molecular weight is 222 g/mol. The van der Waals surface area contributed by atoms with Crippen molar-refractivity contribution in [2.45, 2.75) is 6.92 Å². The molecular formula is C9H17NO2V. The van der Waals surface area contributed by atoms with E-state index in [9.17, 15) is 4.79 Å². The summed E-state index contributed by atoms with van der Waals surface area (Å²) in [5.41, 5.74) is 0.954. The van der Waals surface area contributed by atoms with Gasteiger partial charge in [-0.15, -0.1) is 0 Å². The van der Waals surface area contributed by atoms with Gasteiger partial charge in [-0.25, -0.2) is 0 Å². The summed E-state index contributed by atoms with van der Waals surface area (Å²) in [7, 11) is 0. The van der Waals surface area contributed by atoms with Crippen LogP contribution in [-0.4, -0.2) is 17.9 Å². The predicted octanol–water partition coefficient (Wildman–Crippen LogP) is 0.840. The van der Waals surface area contributed by atoms with Crippen LogP contribution in [0, 0.1) is 0 Å². The molecule has 0 saturated heterocycles. The van der Waals surface area contributed by atoms with E-state index >= 15 is 0 Å². The summed E-state index contributed by atoms with van der Waals surface area (Å²) in [6.07, 6.45) is 5.17. The molecular weight excluding hydrogens is 205 g/mol. The first-order chi connectivity index (χ1) is 5.20. The molecule has 3 N–H and O–H groups in total. The summed E-state index contributed by atoms with van der Waals surface area (Å²) in [6.45, 7) is 9.13. The molecule has 0 aliphatic rings. The Hall–Kier alpha value is -0.766. The van der Waals surface area contributed by atoms with Gasteiger partial charge in [0.2, 0.25) is 5.91 Å². The van der Waals surface area contributed by atoms with Gasteiger partial charge in [0.05, 0.1) is 0 Å². The summed E-state index contributed by atoms with van der Waals surface area (Å²) in [5.74, 6) is -0.0400. The standard InChI is InChI=1S/C9H13NO.H2O.V.H2/c1-4-6-9(5-2)7-10-8(3)11;;;/h4-6H,1-2,7H2,3H3,(H,10,11);1H2;;1H/b9-6+;;;. The third-order valence-electron chi connectivity index (χ3n) is 1.14. The van der Waals surface area contributed by atoms with Crippen LogP contribution in [0.3, 0.4) is 0 Å². The first kappa shape index (κ1) is 18.1. The van der Waals surface area contributed by atoms with E-state index in [1.807, 2.05) is 6.08 Å². The molecule has 0 heterocycles. The fraction of sp³-hybridized carbons (Fsp3) is 0.222. The second-order valence-corrected chi connectivity index (χ2v) is 2.09. The molecule has 4 heteroatoms. The van der Waals surface area contributed by atoms with E-state index in [-0.39, 0.29) is 31.4 Å². The van der Waals surface area contributed by atoms with Gasteiger partial charge in [-0.2, -0.15) is 0 Å². The molecule has 0 saturated carbocycles. The van der Waals surface area contributed by atoms with Crippen molar-refractivity contribution in [3.8, 4) is 0 Å². The van der Waals surface area contributed by atoms with Gasteiger partial charge < -0.3 is 10.8 Å². The zero-order chi connectivity index (χ0) is 8.69. The molecule has 0 spiro atoms. The third-order valence-corrected chi connectivity index (χ3v) is 1.14. The Labute approximate surface area is 92.3 Å². The van der Waals surface area contributed by atoms with Crippen LogP contribution in [-0.2, 0) is 23.4 Å². The third kappa shape index (κ3) is 11.2. The van der Waals surface area contributed by atoms with Gasteiger partial charge in [0, 0.05) is 33.5 Å². The Bertz CT molecular complexity index is 205. The number of amides is 1. The molecule has 0 unspecified atom stereocenters. The monoisotopic (exact) mass is 222 g/mol. The topological polar surface area (TPSA) is 60.6 Å². The molecule has 1 radical (unpaired) electrons. The van der Waals surface area contributed by atoms with Crippen molar-refractivity contribution in [2.24, 2.45) is 0 Å². The summed E-state index contributed by atoms with van der Waals surface area (Å²) in [6, 6.07) is 0. The number of carbonyl (C=O) groups excluding carboxylic acids is 1. The van der Waals surface area contributed by atoms with Gasteiger partial charge >= 0.3 is 0 Å². The van der Waals surface area contributed by atoms with Crippen LogP contribution >= 0.6 is 0 Å². The molecule has 0 atom stereocenters. The minimum absolute atomic E-state index is 0. The Morgan fingerprint density at radius 3 is 2.38 bits per heavy atom. The molecule has 3 nitrogen and oxygen atoms in total. The predicted molar refractivity (Wildman–Crippen MR) is 52.9 cm³/mol. The molecule has 0 aliphatic heterocycles. The van der Waals surface area contributed by atoms with Crippen molar-refractivity contribution in [2.75, 3.05) is 6.54 Å². The molecule has 0 aromatic carbocycles. The summed E-state index contributed by atoms with van der Waals surface area (Å²) < 4.78 is 0. The zero-order valence-corrected chi connectivity index (χ0v) is 9.11. The Balaban J connectivity index is -0.000000167. The van der Waals surface area contributed by atoms with E-state index in [4.69, 9.17) is 0 Å². The number of nitrogens with one attached hydrogen (secondary N) is 1. The van der Waals surface area contributed by atoms with Gasteiger partial charge in [-0.05, 0) is 5.57 Å². The number of hydrogen-bond acceptors (Lipinski definition) is 1. The van der Waals surface area contributed by atoms with E-state index in [0.29, 0.717) is 6.54 Å². The van der Waals surface area contributed by atoms with E-state index < -0.39 is 0 Å². The Kier molecular flexibility index (Phi) is 15.6. The van der Waals surface area contributed by atoms with Gasteiger partial charge in [-0.1, -0.05) is 31.4 Å². The Morgan fingerprint density at radius 2 is 2.08 bits per heavy atom. The van der Waals surface area contributed by atoms with Crippen LogP contribution in [0.5, 0.6) is 0 Å². The minimum atomic E-state index is -0.0400. The van der Waals surface area contributed by atoms with E-state index in [2.05, 4.69) is 18.5 Å². The fourth-order valence-corrected chi connectivity index (χ4v) is 0.577. The van der Waals surface area contributed by atoms with Crippen molar-refractivity contribution in [3.63, 3.8) is 0 Å². The van der Waals surface area contributed by atoms with E-state index in [1.54, 1.807) is 12.2 Å². The van der Waals surface area contributed by atoms with Crippen LogP contribution in [0.4, 0.5) is 0 Å². The zero-order valence-electron chi connectivity index (χ0n) is 7.71. The van der Waals surface area contributed by atoms with Crippen molar-refractivity contribution in [1.29, 1.82) is 0 Å². The normalized spacial score (nSPS) is 8.85. The molecule has 0 fully saturated rings. The fourth-order valence-electron chi connectivity index (χ4n) is 0.577. The summed E-state index contributed by atoms with van der Waals surface area (Å²) in [4.78, 5) is 10.5. The van der Waals surface area contributed by atoms with Crippen molar-refractivity contribution in [1.82, 2.24) is 5.32 Å². The average Bonchev–Trinajstić information content (AvgIpc) is 1.97. The van der Waals surface area contributed by atoms with Gasteiger partial charge in [0.1, 0.15) is 0 Å². The molecule has 0 rings (SSSR count). The molecule has 0 aliphatic carbocycles. The van der Waals surface area contributed by atoms with Crippen LogP contribution in [0.2, 0.25) is 0 Å². The van der Waals surface area contributed by atoms with Crippen molar-refractivity contribution < 1.29 is 30.3 Å². The molecule has 0 aromatic rings. The second kappa shape index (κ2) is 11.2. The molecule has 0 aromatic heterocycles. The Morgan fingerprint density at radius 1 is 1.54 bits per heavy atom. The summed E-state index contributed by atoms with van der Waals surface area (Å²) >= 11 is 0. The maximum atomic E-state index is 10.5. The maximum absolute atomic E-state index is 10.5. The summed E-state index contributed by atoms with van der Waals surface area (Å²) in [5, 5.41) is 2.66. The second-order valence-electron chi connectivity index (χ2n) is 2.09. The minimum Gasteiger partial charge on any atom is -0.412 e. The van der Waals surface area contributed by atoms with E-state index in [1.165, 1.54) is 6.92 Å². The number of allylic oxidation sites excluding steroid dienone is 2. The van der Waals surface area contributed by atoms with Crippen molar-refractivity contribution in [3.05, 3.63) is 37.0 Å². The van der Waals surface area contributed by atoms with Gasteiger partial charge in [0.25, 0.3) is 0 Å². The van der Waals surface area contributed by atoms with Crippen LogP contribution in [0.15, 0.2) is 37.0 Å². The molecule has 75 valence electrons. The van der Waals surface area contributed by atoms with Gasteiger partial charge in [-0.3, -0.25) is 4.79 Å². The first-order valence-electron chi connectivity index (χ1n) is 3.39. The quantitative estimate of drug-likeness (QED) is 0.704. The first-order valence-corrected chi connectivity index (χ1v) is 3.39. The molecule has 0 bridgehead atoms. The molecule has 1 amide bonds. The number of rotatable bonds is 4. The van der Waals surface area contributed by atoms with Gasteiger partial charge in [0.15, 0.2) is 0 Å². The van der Waals surface area contributed by atoms with Crippen LogP contribution in [0.25, 0.3) is 0 Å². The maximum Gasteiger partial charge on any atom is 0.217 e. The van der Waals surface area contributed by atoms with Crippen molar-refractivity contribution >= 4 is 5.91 Å².